The number of methoxy groups -OCH3 is 1. The Labute approximate surface area is 149 Å². The minimum atomic E-state index is -0.714. The molecule has 0 spiro atoms. The lowest BCUT2D eigenvalue weighted by molar-refractivity contribution is -0.150. The number of carbonyl (C=O) groups excluding carboxylic acids is 2. The molecule has 1 fully saturated rings. The highest BCUT2D eigenvalue weighted by atomic mass is 32.1. The van der Waals surface area contributed by atoms with Gasteiger partial charge in [-0.15, -0.1) is 11.3 Å². The van der Waals surface area contributed by atoms with E-state index < -0.39 is 23.9 Å². The Morgan fingerprint density at radius 1 is 1.28 bits per heavy atom. The second-order valence-electron chi connectivity index (χ2n) is 5.75. The van der Waals surface area contributed by atoms with Crippen LogP contribution < -0.4 is 4.74 Å². The number of hydrogen-bond donors (Lipinski definition) is 0. The lowest BCUT2D eigenvalue weighted by Crippen LogP contribution is -2.42. The molecule has 7 heteroatoms. The van der Waals surface area contributed by atoms with Crippen molar-refractivity contribution in [2.75, 3.05) is 13.7 Å². The van der Waals surface area contributed by atoms with Crippen LogP contribution >= 0.6 is 11.3 Å². The number of halogens is 1. The summed E-state index contributed by atoms with van der Waals surface area (Å²) in [6.07, 6.45) is 0.0303. The third kappa shape index (κ3) is 3.99. The number of hydrogen-bond acceptors (Lipinski definition) is 5. The van der Waals surface area contributed by atoms with Crippen LogP contribution in [0.5, 0.6) is 5.75 Å². The molecule has 1 aromatic heterocycles. The van der Waals surface area contributed by atoms with Crippen molar-refractivity contribution < 1.29 is 23.5 Å². The smallest absolute Gasteiger partial charge is 0.328 e. The van der Waals surface area contributed by atoms with E-state index in [2.05, 4.69) is 0 Å². The van der Waals surface area contributed by atoms with Crippen molar-refractivity contribution in [3.8, 4) is 5.75 Å². The SMILES string of the molecule is COC(=O)[C@@H]1C[C@@H](Oc2ccccc2F)CN1C(=O)Cc1cccs1. The van der Waals surface area contributed by atoms with Crippen LogP contribution in [0.15, 0.2) is 41.8 Å². The van der Waals surface area contributed by atoms with Gasteiger partial charge in [0.05, 0.1) is 20.1 Å². The van der Waals surface area contributed by atoms with E-state index in [9.17, 15) is 14.0 Å². The molecule has 132 valence electrons. The second kappa shape index (κ2) is 7.65. The highest BCUT2D eigenvalue weighted by Gasteiger charge is 2.41. The van der Waals surface area contributed by atoms with E-state index >= 15 is 0 Å². The van der Waals surface area contributed by atoms with Crippen molar-refractivity contribution >= 4 is 23.2 Å². The molecule has 5 nitrogen and oxygen atoms in total. The molecule has 0 aliphatic carbocycles. The van der Waals surface area contributed by atoms with Gasteiger partial charge in [0.15, 0.2) is 11.6 Å². The molecule has 1 aliphatic rings. The number of ether oxygens (including phenoxy) is 2. The summed E-state index contributed by atoms with van der Waals surface area (Å²) in [4.78, 5) is 27.0. The predicted octanol–water partition coefficient (Wildman–Crippen LogP) is 2.65. The van der Waals surface area contributed by atoms with Crippen LogP contribution in [0.3, 0.4) is 0 Å². The van der Waals surface area contributed by atoms with Gasteiger partial charge in [0.1, 0.15) is 12.1 Å². The van der Waals surface area contributed by atoms with Crippen molar-refractivity contribution in [3.05, 3.63) is 52.5 Å². The molecular weight excluding hydrogens is 345 g/mol. The minimum Gasteiger partial charge on any atom is -0.485 e. The summed E-state index contributed by atoms with van der Waals surface area (Å²) in [5.74, 6) is -1.01. The third-order valence-electron chi connectivity index (χ3n) is 4.09. The fourth-order valence-electron chi connectivity index (χ4n) is 2.90. The highest BCUT2D eigenvalue weighted by molar-refractivity contribution is 7.10. The fraction of sp³-hybridized carbons (Fsp3) is 0.333. The zero-order valence-electron chi connectivity index (χ0n) is 13.7. The summed E-state index contributed by atoms with van der Waals surface area (Å²) in [7, 11) is 1.29. The topological polar surface area (TPSA) is 55.8 Å². The molecule has 0 radical (unpaired) electrons. The van der Waals surface area contributed by atoms with Gasteiger partial charge in [0, 0.05) is 11.3 Å². The number of nitrogens with zero attached hydrogens (tertiary/aromatic N) is 1. The first-order chi connectivity index (χ1) is 12.1. The van der Waals surface area contributed by atoms with Crippen LogP contribution in [0.1, 0.15) is 11.3 Å². The molecule has 2 atom stereocenters. The fourth-order valence-corrected chi connectivity index (χ4v) is 3.60. The number of benzene rings is 1. The molecule has 3 rings (SSSR count). The van der Waals surface area contributed by atoms with Crippen molar-refractivity contribution in [2.45, 2.75) is 25.0 Å². The molecule has 0 saturated carbocycles. The van der Waals surface area contributed by atoms with Crippen LogP contribution in [-0.4, -0.2) is 42.6 Å². The summed E-state index contributed by atoms with van der Waals surface area (Å²) < 4.78 is 24.3. The van der Waals surface area contributed by atoms with Gasteiger partial charge in [-0.3, -0.25) is 4.79 Å². The predicted molar refractivity (Wildman–Crippen MR) is 91.0 cm³/mol. The number of rotatable bonds is 5. The zero-order chi connectivity index (χ0) is 17.8. The maximum absolute atomic E-state index is 13.8. The van der Waals surface area contributed by atoms with Crippen LogP contribution in [-0.2, 0) is 20.7 Å². The summed E-state index contributed by atoms with van der Waals surface area (Å²) in [6, 6.07) is 9.11. The summed E-state index contributed by atoms with van der Waals surface area (Å²) in [5.41, 5.74) is 0. The van der Waals surface area contributed by atoms with E-state index in [1.165, 1.54) is 35.5 Å². The molecule has 1 aliphatic heterocycles. The normalized spacial score (nSPS) is 19.7. The Kier molecular flexibility index (Phi) is 5.33. The quantitative estimate of drug-likeness (QED) is 0.767. The highest BCUT2D eigenvalue weighted by Crippen LogP contribution is 2.26. The molecule has 1 amide bonds. The van der Waals surface area contributed by atoms with E-state index in [4.69, 9.17) is 9.47 Å². The first kappa shape index (κ1) is 17.4. The number of thiophene rings is 1. The van der Waals surface area contributed by atoms with E-state index in [1.807, 2.05) is 17.5 Å². The minimum absolute atomic E-state index is 0.115. The molecule has 0 N–H and O–H groups in total. The molecule has 1 aromatic carbocycles. The van der Waals surface area contributed by atoms with E-state index in [1.54, 1.807) is 12.1 Å². The first-order valence-corrected chi connectivity index (χ1v) is 8.77. The standard InChI is InChI=1S/C18H18FNO4S/c1-23-18(22)15-9-12(24-16-7-3-2-6-14(16)19)11-20(15)17(21)10-13-5-4-8-25-13/h2-8,12,15H,9-11H2,1H3/t12-,15+/m1/s1. The molecule has 0 bridgehead atoms. The maximum atomic E-state index is 13.8. The second-order valence-corrected chi connectivity index (χ2v) is 6.78. The van der Waals surface area contributed by atoms with Crippen LogP contribution in [0.25, 0.3) is 0 Å². The van der Waals surface area contributed by atoms with Crippen LogP contribution in [0.2, 0.25) is 0 Å². The molecule has 2 heterocycles. The maximum Gasteiger partial charge on any atom is 0.328 e. The van der Waals surface area contributed by atoms with Crippen molar-refractivity contribution in [2.24, 2.45) is 0 Å². The number of para-hydroxylation sites is 1. The summed E-state index contributed by atoms with van der Waals surface area (Å²) >= 11 is 1.49. The van der Waals surface area contributed by atoms with Crippen LogP contribution in [0, 0.1) is 5.82 Å². The average molecular weight is 363 g/mol. The lowest BCUT2D eigenvalue weighted by Gasteiger charge is -2.22. The Morgan fingerprint density at radius 3 is 2.76 bits per heavy atom. The van der Waals surface area contributed by atoms with Gasteiger partial charge in [-0.2, -0.15) is 0 Å². The summed E-state index contributed by atoms with van der Waals surface area (Å²) in [6.45, 7) is 0.221. The van der Waals surface area contributed by atoms with Gasteiger partial charge in [-0.05, 0) is 23.6 Å². The number of carbonyl (C=O) groups is 2. The van der Waals surface area contributed by atoms with Crippen molar-refractivity contribution in [1.82, 2.24) is 4.90 Å². The Morgan fingerprint density at radius 2 is 2.08 bits per heavy atom. The van der Waals surface area contributed by atoms with Gasteiger partial charge in [0.25, 0.3) is 0 Å². The molecule has 2 aromatic rings. The monoisotopic (exact) mass is 363 g/mol. The Hall–Kier alpha value is -2.41. The van der Waals surface area contributed by atoms with E-state index in [0.717, 1.165) is 4.88 Å². The van der Waals surface area contributed by atoms with Gasteiger partial charge < -0.3 is 14.4 Å². The van der Waals surface area contributed by atoms with Gasteiger partial charge in [0.2, 0.25) is 5.91 Å². The zero-order valence-corrected chi connectivity index (χ0v) is 14.5. The Balaban J connectivity index is 1.73. The molecule has 1 saturated heterocycles. The van der Waals surface area contributed by atoms with E-state index in [-0.39, 0.29) is 31.0 Å². The molecule has 0 unspecified atom stereocenters. The van der Waals surface area contributed by atoms with Crippen molar-refractivity contribution in [3.63, 3.8) is 0 Å². The Bertz CT molecular complexity index is 749. The van der Waals surface area contributed by atoms with Gasteiger partial charge in [-0.1, -0.05) is 18.2 Å². The lowest BCUT2D eigenvalue weighted by atomic mass is 10.2. The largest absolute Gasteiger partial charge is 0.485 e. The first-order valence-electron chi connectivity index (χ1n) is 7.89. The summed E-state index contributed by atoms with van der Waals surface area (Å²) in [5, 5.41) is 1.90. The number of amides is 1. The van der Waals surface area contributed by atoms with E-state index in [0.29, 0.717) is 0 Å². The number of esters is 1. The van der Waals surface area contributed by atoms with Crippen molar-refractivity contribution in [1.29, 1.82) is 0 Å². The van der Waals surface area contributed by atoms with Gasteiger partial charge >= 0.3 is 5.97 Å². The van der Waals surface area contributed by atoms with Crippen LogP contribution in [0.4, 0.5) is 4.39 Å². The number of likely N-dealkylation sites (tertiary alicyclic amines) is 1. The molecular formula is C18H18FNO4S. The average Bonchev–Trinajstić information content (AvgIpc) is 3.26. The molecule has 25 heavy (non-hydrogen) atoms. The van der Waals surface area contributed by atoms with Gasteiger partial charge in [-0.25, -0.2) is 9.18 Å². The third-order valence-corrected chi connectivity index (χ3v) is 4.97.